The Morgan fingerprint density at radius 2 is 2.17 bits per heavy atom. The van der Waals surface area contributed by atoms with Crippen LogP contribution >= 0.6 is 27.7 Å². The van der Waals surface area contributed by atoms with Gasteiger partial charge in [0.2, 0.25) is 4.73 Å². The number of hydrogen-bond donors (Lipinski definition) is 1. The predicted octanol–water partition coefficient (Wildman–Crippen LogP) is 2.44. The molecular formula is C10H20BrN3O2SSi. The number of aliphatic hydroxyl groups is 1. The van der Waals surface area contributed by atoms with Crippen molar-refractivity contribution in [2.75, 3.05) is 19.0 Å². The molecule has 0 aliphatic heterocycles. The van der Waals surface area contributed by atoms with Crippen molar-refractivity contribution in [1.29, 1.82) is 0 Å². The quantitative estimate of drug-likeness (QED) is 0.441. The zero-order chi connectivity index (χ0) is 13.6. The molecule has 8 heteroatoms. The highest BCUT2D eigenvalue weighted by Crippen LogP contribution is 2.17. The first-order chi connectivity index (χ1) is 8.42. The fraction of sp³-hybridized carbons (Fsp3) is 0.800. The minimum Gasteiger partial charge on any atom is -0.396 e. The fourth-order valence-electron chi connectivity index (χ4n) is 1.16. The lowest BCUT2D eigenvalue weighted by atomic mass is 10.8. The summed E-state index contributed by atoms with van der Waals surface area (Å²) in [7, 11) is -1.04. The normalized spacial score (nSPS) is 12.1. The van der Waals surface area contributed by atoms with Crippen molar-refractivity contribution in [3.63, 3.8) is 0 Å². The Kier molecular flexibility index (Phi) is 6.86. The molecule has 1 aromatic heterocycles. The molecule has 1 aromatic rings. The molecule has 0 radical (unpaired) electrons. The van der Waals surface area contributed by atoms with Gasteiger partial charge in [-0.3, -0.25) is 0 Å². The van der Waals surface area contributed by atoms with Gasteiger partial charge in [-0.1, -0.05) is 31.4 Å². The molecule has 0 spiro atoms. The molecule has 5 nitrogen and oxygen atoms in total. The topological polar surface area (TPSA) is 60.2 Å². The standard InChI is InChI=1S/C10H20BrN3O2SSi/c1-18(2,3)7-5-16-8-14-10(17-6-4-15)12-9(11)13-14/h15H,4-8H2,1-3H3. The maximum Gasteiger partial charge on any atom is 0.218 e. The largest absolute Gasteiger partial charge is 0.396 e. The van der Waals surface area contributed by atoms with E-state index in [1.165, 1.54) is 11.8 Å². The molecule has 1 heterocycles. The molecule has 0 aliphatic rings. The molecular weight excluding hydrogens is 334 g/mol. The van der Waals surface area contributed by atoms with Crippen molar-refractivity contribution in [3.05, 3.63) is 4.73 Å². The number of halogens is 1. The van der Waals surface area contributed by atoms with E-state index in [4.69, 9.17) is 9.84 Å². The molecule has 0 aliphatic carbocycles. The Hall–Kier alpha value is 0.107. The second-order valence-corrected chi connectivity index (χ2v) is 12.5. The summed E-state index contributed by atoms with van der Waals surface area (Å²) in [5.74, 6) is 0.611. The van der Waals surface area contributed by atoms with Gasteiger partial charge in [0, 0.05) is 20.4 Å². The van der Waals surface area contributed by atoms with Crippen LogP contribution in [0, 0.1) is 0 Å². The summed E-state index contributed by atoms with van der Waals surface area (Å²) in [6, 6.07) is 1.14. The van der Waals surface area contributed by atoms with Crippen LogP contribution in [-0.4, -0.2) is 46.9 Å². The smallest absolute Gasteiger partial charge is 0.218 e. The van der Waals surface area contributed by atoms with Gasteiger partial charge in [0.25, 0.3) is 0 Å². The van der Waals surface area contributed by atoms with Crippen LogP contribution in [0.4, 0.5) is 0 Å². The summed E-state index contributed by atoms with van der Waals surface area (Å²) in [6.07, 6.45) is 0. The van der Waals surface area contributed by atoms with Gasteiger partial charge in [0.15, 0.2) is 5.16 Å². The van der Waals surface area contributed by atoms with Gasteiger partial charge >= 0.3 is 0 Å². The molecule has 1 rings (SSSR count). The van der Waals surface area contributed by atoms with Crippen molar-refractivity contribution in [3.8, 4) is 0 Å². The summed E-state index contributed by atoms with van der Waals surface area (Å²) in [4.78, 5) is 4.22. The Morgan fingerprint density at radius 1 is 1.44 bits per heavy atom. The highest BCUT2D eigenvalue weighted by atomic mass is 79.9. The number of rotatable bonds is 8. The monoisotopic (exact) mass is 353 g/mol. The second-order valence-electron chi connectivity index (χ2n) is 5.08. The van der Waals surface area contributed by atoms with E-state index in [2.05, 4.69) is 45.7 Å². The minimum absolute atomic E-state index is 0.131. The molecule has 0 fully saturated rings. The molecule has 0 atom stereocenters. The first-order valence-electron chi connectivity index (χ1n) is 5.84. The zero-order valence-electron chi connectivity index (χ0n) is 11.0. The van der Waals surface area contributed by atoms with E-state index in [9.17, 15) is 0 Å². The van der Waals surface area contributed by atoms with Crippen LogP contribution in [0.2, 0.25) is 25.7 Å². The van der Waals surface area contributed by atoms with E-state index in [1.807, 2.05) is 0 Å². The van der Waals surface area contributed by atoms with Gasteiger partial charge in [0.1, 0.15) is 6.73 Å². The van der Waals surface area contributed by atoms with Crippen LogP contribution in [0.3, 0.4) is 0 Å². The van der Waals surface area contributed by atoms with Crippen molar-refractivity contribution in [2.45, 2.75) is 37.6 Å². The number of aliphatic hydroxyl groups excluding tert-OH is 1. The second kappa shape index (κ2) is 7.64. The van der Waals surface area contributed by atoms with Crippen LogP contribution < -0.4 is 0 Å². The first kappa shape index (κ1) is 16.2. The number of aromatic nitrogens is 3. The van der Waals surface area contributed by atoms with E-state index >= 15 is 0 Å². The average molecular weight is 354 g/mol. The highest BCUT2D eigenvalue weighted by molar-refractivity contribution is 9.10. The van der Waals surface area contributed by atoms with Crippen molar-refractivity contribution >= 4 is 35.8 Å². The van der Waals surface area contributed by atoms with Crippen LogP contribution in [0.1, 0.15) is 0 Å². The molecule has 0 unspecified atom stereocenters. The number of hydrogen-bond acceptors (Lipinski definition) is 5. The average Bonchev–Trinajstić information content (AvgIpc) is 2.61. The maximum atomic E-state index is 8.81. The number of ether oxygens (including phenoxy) is 1. The van der Waals surface area contributed by atoms with Crippen LogP contribution in [-0.2, 0) is 11.5 Å². The summed E-state index contributed by atoms with van der Waals surface area (Å²) < 4.78 is 7.90. The van der Waals surface area contributed by atoms with E-state index in [0.29, 0.717) is 17.2 Å². The summed E-state index contributed by atoms with van der Waals surface area (Å²) in [5.41, 5.74) is 0. The molecule has 0 amide bonds. The Labute approximate surface area is 121 Å². The van der Waals surface area contributed by atoms with Gasteiger partial charge in [0.05, 0.1) is 6.61 Å². The Balaban J connectivity index is 2.41. The van der Waals surface area contributed by atoms with E-state index in [-0.39, 0.29) is 6.61 Å². The molecule has 0 bridgehead atoms. The van der Waals surface area contributed by atoms with Gasteiger partial charge in [-0.25, -0.2) is 4.68 Å². The summed E-state index contributed by atoms with van der Waals surface area (Å²) in [6.45, 7) is 8.28. The SMILES string of the molecule is C[Si](C)(C)CCOCn1nc(Br)nc1SCCO. The number of nitrogens with zero attached hydrogens (tertiary/aromatic N) is 3. The van der Waals surface area contributed by atoms with Crippen LogP contribution in [0.5, 0.6) is 0 Å². The fourth-order valence-corrected chi connectivity index (χ4v) is 3.06. The van der Waals surface area contributed by atoms with Gasteiger partial charge in [-0.2, -0.15) is 4.98 Å². The van der Waals surface area contributed by atoms with Crippen LogP contribution in [0.15, 0.2) is 9.89 Å². The lowest BCUT2D eigenvalue weighted by Gasteiger charge is -2.15. The molecule has 0 saturated carbocycles. The third-order valence-electron chi connectivity index (χ3n) is 2.14. The Bertz CT molecular complexity index is 370. The van der Waals surface area contributed by atoms with E-state index in [1.54, 1.807) is 4.68 Å². The van der Waals surface area contributed by atoms with E-state index < -0.39 is 8.07 Å². The minimum atomic E-state index is -1.04. The van der Waals surface area contributed by atoms with Crippen molar-refractivity contribution < 1.29 is 9.84 Å². The van der Waals surface area contributed by atoms with Gasteiger partial charge in [-0.15, -0.1) is 5.10 Å². The molecule has 1 N–H and O–H groups in total. The number of thioether (sulfide) groups is 1. The molecule has 0 saturated heterocycles. The van der Waals surface area contributed by atoms with E-state index in [0.717, 1.165) is 17.8 Å². The van der Waals surface area contributed by atoms with Crippen molar-refractivity contribution in [1.82, 2.24) is 14.8 Å². The Morgan fingerprint density at radius 3 is 2.78 bits per heavy atom. The highest BCUT2D eigenvalue weighted by Gasteiger charge is 2.13. The predicted molar refractivity (Wildman–Crippen MR) is 79.6 cm³/mol. The van der Waals surface area contributed by atoms with Crippen molar-refractivity contribution in [2.24, 2.45) is 0 Å². The van der Waals surface area contributed by atoms with Gasteiger partial charge in [-0.05, 0) is 22.0 Å². The zero-order valence-corrected chi connectivity index (χ0v) is 14.4. The van der Waals surface area contributed by atoms with Crippen LogP contribution in [0.25, 0.3) is 0 Å². The summed E-state index contributed by atoms with van der Waals surface area (Å²) in [5, 5.41) is 13.8. The molecule has 104 valence electrons. The lowest BCUT2D eigenvalue weighted by molar-refractivity contribution is 0.0717. The van der Waals surface area contributed by atoms with Gasteiger partial charge < -0.3 is 9.84 Å². The third-order valence-corrected chi connectivity index (χ3v) is 5.13. The molecule has 0 aromatic carbocycles. The maximum absolute atomic E-state index is 8.81. The lowest BCUT2D eigenvalue weighted by Crippen LogP contribution is -2.22. The first-order valence-corrected chi connectivity index (χ1v) is 11.3. The summed E-state index contributed by atoms with van der Waals surface area (Å²) >= 11 is 4.72. The third kappa shape index (κ3) is 6.33. The molecule has 18 heavy (non-hydrogen) atoms.